The van der Waals surface area contributed by atoms with Crippen LogP contribution in [0, 0.1) is 13.8 Å². The zero-order chi connectivity index (χ0) is 25.4. The maximum absolute atomic E-state index is 13.5. The van der Waals surface area contributed by atoms with E-state index in [4.69, 9.17) is 4.98 Å². The van der Waals surface area contributed by atoms with E-state index in [1.54, 1.807) is 11.8 Å². The van der Waals surface area contributed by atoms with Gasteiger partial charge in [0.05, 0.1) is 16.9 Å². The van der Waals surface area contributed by atoms with Crippen LogP contribution in [0.5, 0.6) is 0 Å². The van der Waals surface area contributed by atoms with Crippen molar-refractivity contribution in [1.29, 1.82) is 0 Å². The first-order chi connectivity index (χ1) is 18.1. The number of thioether (sulfide) groups is 1. The Bertz CT molecular complexity index is 1510. The molecule has 2 heterocycles. The van der Waals surface area contributed by atoms with Crippen LogP contribution in [-0.4, -0.2) is 26.2 Å². The summed E-state index contributed by atoms with van der Waals surface area (Å²) in [5, 5.41) is 2.09. The number of nitrogens with one attached hydrogen (secondary N) is 1. The van der Waals surface area contributed by atoms with Crippen LogP contribution in [0.15, 0.2) is 78.0 Å². The Hall–Kier alpha value is -3.57. The Morgan fingerprint density at radius 2 is 1.57 bits per heavy atom. The highest BCUT2D eigenvalue weighted by Crippen LogP contribution is 2.35. The molecule has 0 atom stereocenters. The number of hydrogen-bond donors (Lipinski definition) is 1. The molecule has 0 amide bonds. The van der Waals surface area contributed by atoms with Crippen molar-refractivity contribution in [2.24, 2.45) is 0 Å². The molecule has 2 aromatic heterocycles. The molecule has 0 saturated carbocycles. The summed E-state index contributed by atoms with van der Waals surface area (Å²) in [5.41, 5.74) is 10.3. The maximum Gasteiger partial charge on any atom is 0.232 e. The molecule has 186 valence electrons. The van der Waals surface area contributed by atoms with Crippen molar-refractivity contribution in [3.05, 3.63) is 95.2 Å². The van der Waals surface area contributed by atoms with Gasteiger partial charge in [-0.3, -0.25) is 9.36 Å². The fourth-order valence-electron chi connectivity index (χ4n) is 5.40. The minimum atomic E-state index is 0.177. The van der Waals surface area contributed by atoms with Crippen LogP contribution in [0.2, 0.25) is 0 Å². The molecule has 4 nitrogen and oxygen atoms in total. The molecule has 0 saturated heterocycles. The quantitative estimate of drug-likeness (QED) is 0.238. The van der Waals surface area contributed by atoms with E-state index in [0.717, 1.165) is 52.5 Å². The number of aryl methyl sites for hydroxylation is 3. The standard InChI is InChI=1S/C32H31N3OS/c1-21-11-15-23(16-12-21)30-31(24-17-13-22(2)14-18-24)34-32(33-30)37-20-19-29(36)35-27-9-5-3-7-25(27)26-8-4-6-10-28(26)35/h3,5,7,9,11-18H,4,6,8,10,19-20H2,1-2H3,(H,33,34). The van der Waals surface area contributed by atoms with Crippen LogP contribution in [0.3, 0.4) is 0 Å². The molecular weight excluding hydrogens is 474 g/mol. The molecule has 0 bridgehead atoms. The fourth-order valence-corrected chi connectivity index (χ4v) is 6.20. The summed E-state index contributed by atoms with van der Waals surface area (Å²) in [6.07, 6.45) is 4.88. The van der Waals surface area contributed by atoms with E-state index in [1.165, 1.54) is 34.2 Å². The number of aromatic amines is 1. The molecule has 37 heavy (non-hydrogen) atoms. The van der Waals surface area contributed by atoms with Crippen LogP contribution < -0.4 is 0 Å². The highest BCUT2D eigenvalue weighted by atomic mass is 32.2. The van der Waals surface area contributed by atoms with Crippen LogP contribution in [-0.2, 0) is 12.8 Å². The predicted octanol–water partition coefficient (Wildman–Crippen LogP) is 8.02. The van der Waals surface area contributed by atoms with Crippen molar-refractivity contribution in [3.63, 3.8) is 0 Å². The van der Waals surface area contributed by atoms with E-state index in [9.17, 15) is 4.79 Å². The molecule has 0 unspecified atom stereocenters. The number of para-hydroxylation sites is 1. The van der Waals surface area contributed by atoms with Gasteiger partial charge in [0.2, 0.25) is 5.91 Å². The molecule has 0 radical (unpaired) electrons. The summed E-state index contributed by atoms with van der Waals surface area (Å²) in [4.78, 5) is 22.0. The molecule has 0 aliphatic heterocycles. The van der Waals surface area contributed by atoms with Gasteiger partial charge in [0.15, 0.2) is 5.16 Å². The third-order valence-electron chi connectivity index (χ3n) is 7.33. The highest BCUT2D eigenvalue weighted by Gasteiger charge is 2.23. The molecule has 1 N–H and O–H groups in total. The van der Waals surface area contributed by atoms with Gasteiger partial charge in [-0.15, -0.1) is 0 Å². The van der Waals surface area contributed by atoms with E-state index < -0.39 is 0 Å². The summed E-state index contributed by atoms with van der Waals surface area (Å²) in [7, 11) is 0. The molecule has 6 rings (SSSR count). The smallest absolute Gasteiger partial charge is 0.232 e. The van der Waals surface area contributed by atoms with E-state index in [0.29, 0.717) is 12.2 Å². The van der Waals surface area contributed by atoms with Gasteiger partial charge in [0, 0.05) is 34.4 Å². The molecule has 0 spiro atoms. The number of benzene rings is 3. The molecule has 5 heteroatoms. The number of fused-ring (bicyclic) bond motifs is 3. The fraction of sp³-hybridized carbons (Fsp3) is 0.250. The summed E-state index contributed by atoms with van der Waals surface area (Å²) >= 11 is 1.62. The second kappa shape index (κ2) is 10.1. The van der Waals surface area contributed by atoms with Gasteiger partial charge in [-0.1, -0.05) is 89.6 Å². The Kier molecular flexibility index (Phi) is 6.47. The number of hydrogen-bond acceptors (Lipinski definition) is 3. The predicted molar refractivity (Wildman–Crippen MR) is 153 cm³/mol. The van der Waals surface area contributed by atoms with Gasteiger partial charge >= 0.3 is 0 Å². The van der Waals surface area contributed by atoms with E-state index in [-0.39, 0.29) is 5.91 Å². The number of aromatic nitrogens is 3. The number of carbonyl (C=O) groups excluding carboxylic acids is 1. The lowest BCUT2D eigenvalue weighted by Gasteiger charge is -2.15. The van der Waals surface area contributed by atoms with Crippen molar-refractivity contribution in [2.45, 2.75) is 51.1 Å². The number of nitrogens with zero attached hydrogens (tertiary/aromatic N) is 2. The molecule has 1 aliphatic rings. The van der Waals surface area contributed by atoms with Crippen LogP contribution in [0.1, 0.15) is 46.4 Å². The lowest BCUT2D eigenvalue weighted by Crippen LogP contribution is -2.16. The van der Waals surface area contributed by atoms with Crippen molar-refractivity contribution in [1.82, 2.24) is 14.5 Å². The van der Waals surface area contributed by atoms with E-state index in [1.807, 2.05) is 10.6 Å². The Morgan fingerprint density at radius 3 is 2.32 bits per heavy atom. The molecule has 5 aromatic rings. The number of rotatable bonds is 6. The third kappa shape index (κ3) is 4.64. The Morgan fingerprint density at radius 1 is 0.892 bits per heavy atom. The lowest BCUT2D eigenvalue weighted by atomic mass is 9.95. The van der Waals surface area contributed by atoms with Gasteiger partial charge < -0.3 is 4.98 Å². The Labute approximate surface area is 222 Å². The van der Waals surface area contributed by atoms with Gasteiger partial charge in [-0.05, 0) is 51.2 Å². The summed E-state index contributed by atoms with van der Waals surface area (Å²) in [6, 6.07) is 25.4. The zero-order valence-corrected chi connectivity index (χ0v) is 22.2. The summed E-state index contributed by atoms with van der Waals surface area (Å²) in [6.45, 7) is 4.19. The van der Waals surface area contributed by atoms with Crippen LogP contribution in [0.4, 0.5) is 0 Å². The monoisotopic (exact) mass is 505 g/mol. The lowest BCUT2D eigenvalue weighted by molar-refractivity contribution is 0.0912. The highest BCUT2D eigenvalue weighted by molar-refractivity contribution is 7.99. The van der Waals surface area contributed by atoms with Gasteiger partial charge in [-0.2, -0.15) is 0 Å². The zero-order valence-electron chi connectivity index (χ0n) is 21.4. The minimum Gasteiger partial charge on any atom is -0.332 e. The first kappa shape index (κ1) is 23.8. The van der Waals surface area contributed by atoms with Crippen LogP contribution >= 0.6 is 11.8 Å². The average Bonchev–Trinajstić information content (AvgIpc) is 3.49. The first-order valence-electron chi connectivity index (χ1n) is 13.1. The SMILES string of the molecule is Cc1ccc(-c2nc(SCCC(=O)n3c4c(c5ccccc53)CCCC4)[nH]c2-c2ccc(C)cc2)cc1. The topological polar surface area (TPSA) is 50.7 Å². The molecular formula is C32H31N3OS. The minimum absolute atomic E-state index is 0.177. The third-order valence-corrected chi connectivity index (χ3v) is 8.21. The number of carbonyl (C=O) groups is 1. The second-order valence-electron chi connectivity index (χ2n) is 9.97. The normalized spacial score (nSPS) is 13.1. The molecule has 0 fully saturated rings. The number of imidazole rings is 1. The summed E-state index contributed by atoms with van der Waals surface area (Å²) in [5.74, 6) is 0.852. The second-order valence-corrected chi connectivity index (χ2v) is 11.1. The van der Waals surface area contributed by atoms with Crippen molar-refractivity contribution < 1.29 is 4.79 Å². The largest absolute Gasteiger partial charge is 0.332 e. The average molecular weight is 506 g/mol. The van der Waals surface area contributed by atoms with E-state index in [2.05, 4.69) is 85.6 Å². The summed E-state index contributed by atoms with van der Waals surface area (Å²) < 4.78 is 2.00. The molecule has 1 aliphatic carbocycles. The van der Waals surface area contributed by atoms with E-state index >= 15 is 0 Å². The van der Waals surface area contributed by atoms with Gasteiger partial charge in [-0.25, -0.2) is 4.98 Å². The molecule has 3 aromatic carbocycles. The van der Waals surface area contributed by atoms with Crippen LogP contribution in [0.25, 0.3) is 33.4 Å². The van der Waals surface area contributed by atoms with Crippen molar-refractivity contribution in [3.8, 4) is 22.5 Å². The Balaban J connectivity index is 1.25. The van der Waals surface area contributed by atoms with Gasteiger partial charge in [0.25, 0.3) is 0 Å². The van der Waals surface area contributed by atoms with Gasteiger partial charge in [0.1, 0.15) is 0 Å². The van der Waals surface area contributed by atoms with Crippen molar-refractivity contribution in [2.75, 3.05) is 5.75 Å². The van der Waals surface area contributed by atoms with Crippen molar-refractivity contribution >= 4 is 28.6 Å². The number of H-pyrrole nitrogens is 1. The maximum atomic E-state index is 13.5. The first-order valence-corrected chi connectivity index (χ1v) is 14.1.